The molecule has 1 atom stereocenters. The highest BCUT2D eigenvalue weighted by Crippen LogP contribution is 2.23. The third-order valence-corrected chi connectivity index (χ3v) is 4.77. The Labute approximate surface area is 155 Å². The van der Waals surface area contributed by atoms with E-state index < -0.39 is 6.04 Å². The van der Waals surface area contributed by atoms with Gasteiger partial charge in [-0.1, -0.05) is 23.3 Å². The quantitative estimate of drug-likeness (QED) is 0.903. The van der Waals surface area contributed by atoms with E-state index in [0.717, 1.165) is 34.4 Å². The van der Waals surface area contributed by atoms with Crippen molar-refractivity contribution in [2.45, 2.75) is 46.6 Å². The molecule has 0 radical (unpaired) electrons. The van der Waals surface area contributed by atoms with Gasteiger partial charge in [0.05, 0.1) is 0 Å². The van der Waals surface area contributed by atoms with E-state index in [1.807, 2.05) is 58.0 Å². The Balaban J connectivity index is 1.78. The van der Waals surface area contributed by atoms with E-state index in [0.29, 0.717) is 18.5 Å². The van der Waals surface area contributed by atoms with Crippen LogP contribution in [0.1, 0.15) is 45.5 Å². The molecule has 26 heavy (non-hydrogen) atoms. The van der Waals surface area contributed by atoms with Crippen molar-refractivity contribution in [1.82, 2.24) is 4.90 Å². The molecule has 1 aliphatic rings. The molecule has 4 nitrogen and oxygen atoms in total. The number of carbonyl (C=O) groups excluding carboxylic acids is 2. The molecule has 1 saturated heterocycles. The summed E-state index contributed by atoms with van der Waals surface area (Å²) in [4.78, 5) is 27.5. The van der Waals surface area contributed by atoms with Gasteiger partial charge in [0, 0.05) is 17.8 Å². The lowest BCUT2D eigenvalue weighted by molar-refractivity contribution is -0.119. The predicted molar refractivity (Wildman–Crippen MR) is 105 cm³/mol. The number of nitrogens with one attached hydrogen (secondary N) is 1. The SMILES string of the molecule is Cc1cc(C)cc(NC(=O)C2CCCN2C(=O)c2cc(C)cc(C)c2)c1. The van der Waals surface area contributed by atoms with Gasteiger partial charge < -0.3 is 10.2 Å². The largest absolute Gasteiger partial charge is 0.327 e. The van der Waals surface area contributed by atoms with Gasteiger partial charge in [-0.3, -0.25) is 9.59 Å². The van der Waals surface area contributed by atoms with Crippen LogP contribution in [0.4, 0.5) is 5.69 Å². The number of anilines is 1. The van der Waals surface area contributed by atoms with E-state index in [4.69, 9.17) is 0 Å². The summed E-state index contributed by atoms with van der Waals surface area (Å²) in [5.41, 5.74) is 5.78. The molecule has 136 valence electrons. The first-order valence-electron chi connectivity index (χ1n) is 9.12. The molecule has 3 rings (SSSR count). The predicted octanol–water partition coefficient (Wildman–Crippen LogP) is 4.16. The molecule has 1 aliphatic heterocycles. The molecule has 2 aromatic carbocycles. The van der Waals surface area contributed by atoms with Gasteiger partial charge in [-0.2, -0.15) is 0 Å². The number of aryl methyl sites for hydroxylation is 4. The van der Waals surface area contributed by atoms with Gasteiger partial charge in [-0.05, 0) is 75.9 Å². The summed E-state index contributed by atoms with van der Waals surface area (Å²) in [6, 6.07) is 11.4. The van der Waals surface area contributed by atoms with Crippen molar-refractivity contribution in [3.8, 4) is 0 Å². The third kappa shape index (κ3) is 3.96. The van der Waals surface area contributed by atoms with Crippen molar-refractivity contribution >= 4 is 17.5 Å². The number of rotatable bonds is 3. The second-order valence-corrected chi connectivity index (χ2v) is 7.40. The first-order valence-corrected chi connectivity index (χ1v) is 9.12. The molecule has 4 heteroatoms. The first kappa shape index (κ1) is 18.2. The third-order valence-electron chi connectivity index (χ3n) is 4.77. The summed E-state index contributed by atoms with van der Waals surface area (Å²) in [5, 5.41) is 2.99. The van der Waals surface area contributed by atoms with Gasteiger partial charge in [0.2, 0.25) is 5.91 Å². The summed E-state index contributed by atoms with van der Waals surface area (Å²) in [6.45, 7) is 8.61. The Hall–Kier alpha value is -2.62. The molecule has 1 heterocycles. The second kappa shape index (κ2) is 7.32. The average molecular weight is 350 g/mol. The molecular formula is C22H26N2O2. The van der Waals surface area contributed by atoms with Crippen LogP contribution in [0, 0.1) is 27.7 Å². The highest BCUT2D eigenvalue weighted by atomic mass is 16.2. The highest BCUT2D eigenvalue weighted by Gasteiger charge is 2.34. The van der Waals surface area contributed by atoms with E-state index in [-0.39, 0.29) is 11.8 Å². The number of hydrogen-bond donors (Lipinski definition) is 1. The maximum atomic E-state index is 13.0. The first-order chi connectivity index (χ1) is 12.3. The van der Waals surface area contributed by atoms with E-state index in [1.54, 1.807) is 4.90 Å². The molecule has 0 bridgehead atoms. The van der Waals surface area contributed by atoms with E-state index >= 15 is 0 Å². The van der Waals surface area contributed by atoms with E-state index in [9.17, 15) is 9.59 Å². The zero-order chi connectivity index (χ0) is 18.8. The van der Waals surface area contributed by atoms with Gasteiger partial charge in [0.1, 0.15) is 6.04 Å². The fraction of sp³-hybridized carbons (Fsp3) is 0.364. The van der Waals surface area contributed by atoms with Crippen molar-refractivity contribution in [1.29, 1.82) is 0 Å². The summed E-state index contributed by atoms with van der Waals surface area (Å²) >= 11 is 0. The minimum atomic E-state index is -0.413. The van der Waals surface area contributed by atoms with Crippen LogP contribution in [0.3, 0.4) is 0 Å². The Morgan fingerprint density at radius 2 is 1.42 bits per heavy atom. The van der Waals surface area contributed by atoms with Gasteiger partial charge >= 0.3 is 0 Å². The lowest BCUT2D eigenvalue weighted by Crippen LogP contribution is -2.43. The monoisotopic (exact) mass is 350 g/mol. The van der Waals surface area contributed by atoms with Crippen LogP contribution in [0.5, 0.6) is 0 Å². The van der Waals surface area contributed by atoms with Gasteiger partial charge in [0.15, 0.2) is 0 Å². The van der Waals surface area contributed by atoms with Gasteiger partial charge in [0.25, 0.3) is 5.91 Å². The van der Waals surface area contributed by atoms with Crippen LogP contribution in [0.25, 0.3) is 0 Å². The maximum absolute atomic E-state index is 13.0. The van der Waals surface area contributed by atoms with Crippen LogP contribution in [-0.4, -0.2) is 29.3 Å². The van der Waals surface area contributed by atoms with Crippen molar-refractivity contribution in [3.63, 3.8) is 0 Å². The molecule has 0 spiro atoms. The molecular weight excluding hydrogens is 324 g/mol. The number of hydrogen-bond acceptors (Lipinski definition) is 2. The number of carbonyl (C=O) groups is 2. The van der Waals surface area contributed by atoms with Gasteiger partial charge in [-0.15, -0.1) is 0 Å². The van der Waals surface area contributed by atoms with Crippen LogP contribution >= 0.6 is 0 Å². The standard InChI is InChI=1S/C22H26N2O2/c1-14-8-15(2)11-18(10-14)22(26)24-7-5-6-20(24)21(25)23-19-12-16(3)9-17(4)13-19/h8-13,20H,5-7H2,1-4H3,(H,23,25). The van der Waals surface area contributed by atoms with E-state index in [2.05, 4.69) is 11.4 Å². The summed E-state index contributed by atoms with van der Waals surface area (Å²) in [5.74, 6) is -0.167. The normalized spacial score (nSPS) is 16.6. The highest BCUT2D eigenvalue weighted by molar-refractivity contribution is 6.01. The minimum absolute atomic E-state index is 0.0603. The lowest BCUT2D eigenvalue weighted by Gasteiger charge is -2.24. The lowest BCUT2D eigenvalue weighted by atomic mass is 10.1. The summed E-state index contributed by atoms with van der Waals surface area (Å²) in [6.07, 6.45) is 1.55. The molecule has 1 fully saturated rings. The van der Waals surface area contributed by atoms with E-state index in [1.165, 1.54) is 0 Å². The fourth-order valence-corrected chi connectivity index (χ4v) is 3.82. The average Bonchev–Trinajstić information content (AvgIpc) is 3.01. The van der Waals surface area contributed by atoms with Crippen molar-refractivity contribution in [3.05, 3.63) is 64.2 Å². The van der Waals surface area contributed by atoms with Crippen molar-refractivity contribution in [2.75, 3.05) is 11.9 Å². The summed E-state index contributed by atoms with van der Waals surface area (Å²) < 4.78 is 0. The molecule has 2 aromatic rings. The van der Waals surface area contributed by atoms with Crippen LogP contribution in [-0.2, 0) is 4.79 Å². The zero-order valence-corrected chi connectivity index (χ0v) is 15.9. The smallest absolute Gasteiger partial charge is 0.254 e. The molecule has 0 aromatic heterocycles. The Bertz CT molecular complexity index is 817. The number of benzene rings is 2. The fourth-order valence-electron chi connectivity index (χ4n) is 3.82. The molecule has 1 unspecified atom stereocenters. The molecule has 0 saturated carbocycles. The number of amides is 2. The molecule has 2 amide bonds. The summed E-state index contributed by atoms with van der Waals surface area (Å²) in [7, 11) is 0. The zero-order valence-electron chi connectivity index (χ0n) is 15.9. The molecule has 0 aliphatic carbocycles. The van der Waals surface area contributed by atoms with Crippen molar-refractivity contribution < 1.29 is 9.59 Å². The number of likely N-dealkylation sites (tertiary alicyclic amines) is 1. The maximum Gasteiger partial charge on any atom is 0.254 e. The molecule has 1 N–H and O–H groups in total. The Morgan fingerprint density at radius 3 is 2.00 bits per heavy atom. The Morgan fingerprint density at radius 1 is 0.885 bits per heavy atom. The van der Waals surface area contributed by atoms with Gasteiger partial charge in [-0.25, -0.2) is 0 Å². The number of nitrogens with zero attached hydrogens (tertiary/aromatic N) is 1. The second-order valence-electron chi connectivity index (χ2n) is 7.40. The van der Waals surface area contributed by atoms with Crippen LogP contribution in [0.2, 0.25) is 0 Å². The minimum Gasteiger partial charge on any atom is -0.327 e. The topological polar surface area (TPSA) is 49.4 Å². The Kier molecular flexibility index (Phi) is 5.12. The van der Waals surface area contributed by atoms with Crippen molar-refractivity contribution in [2.24, 2.45) is 0 Å². The van der Waals surface area contributed by atoms with Crippen LogP contribution < -0.4 is 5.32 Å². The van der Waals surface area contributed by atoms with Crippen LogP contribution in [0.15, 0.2) is 36.4 Å².